The standard InChI is InChI=1S/C50H33NO/c1-2-12-39-32-40(25-24-34(39)10-1)37-22-20-35(21-23-37)36-26-29-42(30-27-36)51(48-18-9-13-38-11-3-4-14-43(38)48)47-17-7-5-15-44(47)41-28-31-50-46(33-41)45-16-6-8-19-49(45)52-50/h1-33H. The molecule has 0 unspecified atom stereocenters. The first-order valence-electron chi connectivity index (χ1n) is 17.8. The molecule has 0 aliphatic carbocycles. The van der Waals surface area contributed by atoms with Crippen LogP contribution in [-0.2, 0) is 0 Å². The third-order valence-electron chi connectivity index (χ3n) is 10.3. The molecule has 10 rings (SSSR count). The van der Waals surface area contributed by atoms with E-state index in [9.17, 15) is 0 Å². The summed E-state index contributed by atoms with van der Waals surface area (Å²) in [6.45, 7) is 0. The van der Waals surface area contributed by atoms with E-state index in [1.54, 1.807) is 0 Å². The van der Waals surface area contributed by atoms with Crippen LogP contribution in [0.2, 0.25) is 0 Å². The molecule has 0 radical (unpaired) electrons. The van der Waals surface area contributed by atoms with Gasteiger partial charge in [0.2, 0.25) is 0 Å². The molecule has 0 spiro atoms. The summed E-state index contributed by atoms with van der Waals surface area (Å²) in [6, 6.07) is 71.8. The molecular formula is C50H33NO. The van der Waals surface area contributed by atoms with Gasteiger partial charge in [0.25, 0.3) is 0 Å². The predicted octanol–water partition coefficient (Wildman–Crippen LogP) is 14.4. The first-order chi connectivity index (χ1) is 25.8. The molecule has 0 N–H and O–H groups in total. The molecule has 10 aromatic rings. The average Bonchev–Trinajstić information content (AvgIpc) is 3.59. The molecule has 0 bridgehead atoms. The lowest BCUT2D eigenvalue weighted by Crippen LogP contribution is -2.11. The number of nitrogens with zero attached hydrogens (tertiary/aromatic N) is 1. The van der Waals surface area contributed by atoms with Crippen LogP contribution < -0.4 is 4.90 Å². The Balaban J connectivity index is 1.07. The summed E-state index contributed by atoms with van der Waals surface area (Å²) in [4.78, 5) is 2.40. The van der Waals surface area contributed by atoms with Crippen molar-refractivity contribution in [1.82, 2.24) is 0 Å². The average molecular weight is 664 g/mol. The zero-order chi connectivity index (χ0) is 34.4. The minimum absolute atomic E-state index is 0.897. The van der Waals surface area contributed by atoms with Gasteiger partial charge < -0.3 is 9.32 Å². The Morgan fingerprint density at radius 3 is 1.69 bits per heavy atom. The number of hydrogen-bond donors (Lipinski definition) is 0. The highest BCUT2D eigenvalue weighted by Crippen LogP contribution is 2.44. The third-order valence-corrected chi connectivity index (χ3v) is 10.3. The van der Waals surface area contributed by atoms with Crippen molar-refractivity contribution in [2.75, 3.05) is 4.90 Å². The SMILES string of the molecule is c1ccc(N(c2ccc(-c3ccc(-c4ccc5ccccc5c4)cc3)cc2)c2cccc3ccccc23)c(-c2ccc3oc4ccccc4c3c2)c1. The Bertz CT molecular complexity index is 2890. The topological polar surface area (TPSA) is 16.4 Å². The number of furan rings is 1. The summed E-state index contributed by atoms with van der Waals surface area (Å²) in [6.07, 6.45) is 0. The molecule has 0 saturated heterocycles. The molecule has 0 aliphatic rings. The molecule has 244 valence electrons. The van der Waals surface area contributed by atoms with Gasteiger partial charge in [0.15, 0.2) is 0 Å². The highest BCUT2D eigenvalue weighted by molar-refractivity contribution is 6.07. The van der Waals surface area contributed by atoms with Crippen molar-refractivity contribution in [3.63, 3.8) is 0 Å². The second kappa shape index (κ2) is 12.5. The van der Waals surface area contributed by atoms with E-state index in [1.807, 2.05) is 12.1 Å². The Labute approximate surface area is 302 Å². The van der Waals surface area contributed by atoms with E-state index < -0.39 is 0 Å². The van der Waals surface area contributed by atoms with E-state index in [0.717, 1.165) is 50.1 Å². The molecule has 0 aliphatic heterocycles. The van der Waals surface area contributed by atoms with Crippen molar-refractivity contribution in [2.45, 2.75) is 0 Å². The second-order valence-electron chi connectivity index (χ2n) is 13.3. The Hall–Kier alpha value is -6.90. The summed E-state index contributed by atoms with van der Waals surface area (Å²) >= 11 is 0. The molecule has 1 heterocycles. The zero-order valence-electron chi connectivity index (χ0n) is 28.4. The van der Waals surface area contributed by atoms with E-state index in [2.05, 4.69) is 193 Å². The fraction of sp³-hybridized carbons (Fsp3) is 0. The first-order valence-corrected chi connectivity index (χ1v) is 17.8. The highest BCUT2D eigenvalue weighted by Gasteiger charge is 2.20. The smallest absolute Gasteiger partial charge is 0.135 e. The van der Waals surface area contributed by atoms with Crippen molar-refractivity contribution in [3.05, 3.63) is 200 Å². The van der Waals surface area contributed by atoms with Gasteiger partial charge in [0, 0.05) is 27.4 Å². The van der Waals surface area contributed by atoms with Crippen molar-refractivity contribution < 1.29 is 4.42 Å². The number of fused-ring (bicyclic) bond motifs is 5. The molecule has 2 heteroatoms. The van der Waals surface area contributed by atoms with Gasteiger partial charge in [-0.1, -0.05) is 152 Å². The normalized spacial score (nSPS) is 11.5. The fourth-order valence-corrected chi connectivity index (χ4v) is 7.64. The Kier molecular flexibility index (Phi) is 7.18. The summed E-state index contributed by atoms with van der Waals surface area (Å²) in [5.74, 6) is 0. The Morgan fingerprint density at radius 1 is 0.308 bits per heavy atom. The van der Waals surface area contributed by atoms with Gasteiger partial charge in [-0.3, -0.25) is 0 Å². The molecule has 0 atom stereocenters. The minimum Gasteiger partial charge on any atom is -0.456 e. The van der Waals surface area contributed by atoms with Gasteiger partial charge in [0.1, 0.15) is 11.2 Å². The van der Waals surface area contributed by atoms with E-state index in [4.69, 9.17) is 4.42 Å². The van der Waals surface area contributed by atoms with Crippen LogP contribution in [0.1, 0.15) is 0 Å². The molecule has 0 saturated carbocycles. The van der Waals surface area contributed by atoms with Crippen LogP contribution in [0.4, 0.5) is 17.1 Å². The first kappa shape index (κ1) is 30.0. The van der Waals surface area contributed by atoms with Gasteiger partial charge in [-0.05, 0) is 92.5 Å². The number of anilines is 3. The van der Waals surface area contributed by atoms with E-state index >= 15 is 0 Å². The number of benzene rings is 9. The molecule has 9 aromatic carbocycles. The number of para-hydroxylation sites is 2. The monoisotopic (exact) mass is 663 g/mol. The zero-order valence-corrected chi connectivity index (χ0v) is 28.4. The van der Waals surface area contributed by atoms with Crippen molar-refractivity contribution in [1.29, 1.82) is 0 Å². The highest BCUT2D eigenvalue weighted by atomic mass is 16.3. The van der Waals surface area contributed by atoms with E-state index in [-0.39, 0.29) is 0 Å². The minimum atomic E-state index is 0.897. The van der Waals surface area contributed by atoms with Gasteiger partial charge in [0.05, 0.1) is 11.4 Å². The van der Waals surface area contributed by atoms with Crippen LogP contribution in [0.3, 0.4) is 0 Å². The fourth-order valence-electron chi connectivity index (χ4n) is 7.64. The molecule has 0 amide bonds. The van der Waals surface area contributed by atoms with Crippen LogP contribution in [0, 0.1) is 0 Å². The molecular weight excluding hydrogens is 631 g/mol. The van der Waals surface area contributed by atoms with Crippen molar-refractivity contribution in [2.24, 2.45) is 0 Å². The maximum Gasteiger partial charge on any atom is 0.135 e. The lowest BCUT2D eigenvalue weighted by molar-refractivity contribution is 0.669. The van der Waals surface area contributed by atoms with Crippen molar-refractivity contribution >= 4 is 60.5 Å². The van der Waals surface area contributed by atoms with E-state index in [1.165, 1.54) is 43.8 Å². The summed E-state index contributed by atoms with van der Waals surface area (Å²) < 4.78 is 6.19. The quantitative estimate of drug-likeness (QED) is 0.176. The van der Waals surface area contributed by atoms with Crippen molar-refractivity contribution in [3.8, 4) is 33.4 Å². The molecule has 52 heavy (non-hydrogen) atoms. The molecule has 0 fully saturated rings. The van der Waals surface area contributed by atoms with Crippen LogP contribution in [0.25, 0.3) is 76.9 Å². The summed E-state index contributed by atoms with van der Waals surface area (Å²) in [7, 11) is 0. The van der Waals surface area contributed by atoms with Crippen LogP contribution in [0.15, 0.2) is 205 Å². The summed E-state index contributed by atoms with van der Waals surface area (Å²) in [5, 5.41) is 7.17. The second-order valence-corrected chi connectivity index (χ2v) is 13.3. The lowest BCUT2D eigenvalue weighted by atomic mass is 9.97. The largest absolute Gasteiger partial charge is 0.456 e. The lowest BCUT2D eigenvalue weighted by Gasteiger charge is -2.29. The predicted molar refractivity (Wildman–Crippen MR) is 220 cm³/mol. The van der Waals surface area contributed by atoms with Gasteiger partial charge >= 0.3 is 0 Å². The van der Waals surface area contributed by atoms with Crippen LogP contribution in [0.5, 0.6) is 0 Å². The van der Waals surface area contributed by atoms with Crippen LogP contribution in [-0.4, -0.2) is 0 Å². The maximum absolute atomic E-state index is 6.19. The van der Waals surface area contributed by atoms with Gasteiger partial charge in [-0.2, -0.15) is 0 Å². The number of rotatable bonds is 6. The molecule has 2 nitrogen and oxygen atoms in total. The number of hydrogen-bond acceptors (Lipinski definition) is 2. The van der Waals surface area contributed by atoms with Crippen LogP contribution >= 0.6 is 0 Å². The third kappa shape index (κ3) is 5.21. The summed E-state index contributed by atoms with van der Waals surface area (Å²) in [5.41, 5.74) is 12.2. The van der Waals surface area contributed by atoms with E-state index in [0.29, 0.717) is 0 Å². The Morgan fingerprint density at radius 2 is 0.865 bits per heavy atom. The molecule has 1 aromatic heterocycles. The maximum atomic E-state index is 6.19. The van der Waals surface area contributed by atoms with Gasteiger partial charge in [-0.15, -0.1) is 0 Å². The van der Waals surface area contributed by atoms with Gasteiger partial charge in [-0.25, -0.2) is 0 Å².